The monoisotopic (exact) mass is 359 g/mol. The Balaban J connectivity index is 2.33. The van der Waals surface area contributed by atoms with E-state index in [1.807, 2.05) is 31.2 Å². The lowest BCUT2D eigenvalue weighted by Gasteiger charge is -2.19. The largest absolute Gasteiger partial charge is 0.481 e. The van der Waals surface area contributed by atoms with E-state index in [0.717, 1.165) is 9.37 Å². The van der Waals surface area contributed by atoms with Crippen LogP contribution in [-0.4, -0.2) is 40.7 Å². The summed E-state index contributed by atoms with van der Waals surface area (Å²) in [6.45, 7) is 2.70. The van der Waals surface area contributed by atoms with Crippen LogP contribution in [-0.2, 0) is 9.59 Å². The number of nitrogens with zero attached hydrogens (tertiary/aromatic N) is 1. The second-order valence-electron chi connectivity index (χ2n) is 4.17. The van der Waals surface area contributed by atoms with Crippen LogP contribution in [0, 0.1) is 0 Å². The van der Waals surface area contributed by atoms with E-state index in [4.69, 9.17) is 5.11 Å². The van der Waals surface area contributed by atoms with Crippen molar-refractivity contribution in [2.45, 2.75) is 24.7 Å². The van der Waals surface area contributed by atoms with Crippen LogP contribution in [0.5, 0.6) is 0 Å². The van der Waals surface area contributed by atoms with Gasteiger partial charge in [0.25, 0.3) is 0 Å². The van der Waals surface area contributed by atoms with Crippen molar-refractivity contribution in [1.82, 2.24) is 4.90 Å². The molecule has 0 fully saturated rings. The Labute approximate surface area is 131 Å². The SMILES string of the molecule is CCN(CCC(=O)O)C(=O)CCSc1ccc(Br)cc1. The van der Waals surface area contributed by atoms with Crippen molar-refractivity contribution in [2.24, 2.45) is 0 Å². The number of carbonyl (C=O) groups is 2. The number of carboxylic acids is 1. The van der Waals surface area contributed by atoms with E-state index in [-0.39, 0.29) is 18.9 Å². The van der Waals surface area contributed by atoms with Crippen LogP contribution < -0.4 is 0 Å². The first-order valence-corrected chi connectivity index (χ1v) is 8.18. The van der Waals surface area contributed by atoms with Gasteiger partial charge in [-0.1, -0.05) is 15.9 Å². The third-order valence-corrected chi connectivity index (χ3v) is 4.27. The van der Waals surface area contributed by atoms with Gasteiger partial charge in [-0.15, -0.1) is 11.8 Å². The molecule has 1 N–H and O–H groups in total. The maximum atomic E-state index is 11.9. The number of benzene rings is 1. The summed E-state index contributed by atoms with van der Waals surface area (Å²) in [5.74, 6) is -0.164. The Kier molecular flexibility index (Phi) is 7.69. The molecule has 0 radical (unpaired) electrons. The second-order valence-corrected chi connectivity index (χ2v) is 6.25. The molecule has 0 spiro atoms. The van der Waals surface area contributed by atoms with Crippen LogP contribution in [0.25, 0.3) is 0 Å². The van der Waals surface area contributed by atoms with Gasteiger partial charge in [-0.2, -0.15) is 0 Å². The molecule has 0 heterocycles. The van der Waals surface area contributed by atoms with Crippen molar-refractivity contribution in [2.75, 3.05) is 18.8 Å². The summed E-state index contributed by atoms with van der Waals surface area (Å²) in [4.78, 5) is 25.2. The summed E-state index contributed by atoms with van der Waals surface area (Å²) in [5.41, 5.74) is 0. The highest BCUT2D eigenvalue weighted by atomic mass is 79.9. The highest BCUT2D eigenvalue weighted by Crippen LogP contribution is 2.21. The molecule has 0 saturated heterocycles. The molecular formula is C14H18BrNO3S. The lowest BCUT2D eigenvalue weighted by molar-refractivity contribution is -0.138. The lowest BCUT2D eigenvalue weighted by Crippen LogP contribution is -2.33. The van der Waals surface area contributed by atoms with Crippen molar-refractivity contribution in [1.29, 1.82) is 0 Å². The molecule has 0 aliphatic heterocycles. The Morgan fingerprint density at radius 3 is 2.45 bits per heavy atom. The maximum absolute atomic E-state index is 11.9. The van der Waals surface area contributed by atoms with E-state index in [1.54, 1.807) is 16.7 Å². The van der Waals surface area contributed by atoms with Crippen molar-refractivity contribution >= 4 is 39.6 Å². The first-order chi connectivity index (χ1) is 9.52. The van der Waals surface area contributed by atoms with Crippen molar-refractivity contribution in [3.63, 3.8) is 0 Å². The number of amides is 1. The number of halogens is 1. The van der Waals surface area contributed by atoms with Gasteiger partial charge in [0, 0.05) is 34.6 Å². The Hall–Kier alpha value is -1.01. The minimum atomic E-state index is -0.875. The normalized spacial score (nSPS) is 10.3. The fourth-order valence-electron chi connectivity index (χ4n) is 1.63. The van der Waals surface area contributed by atoms with E-state index in [9.17, 15) is 9.59 Å². The highest BCUT2D eigenvalue weighted by Gasteiger charge is 2.12. The topological polar surface area (TPSA) is 57.6 Å². The highest BCUT2D eigenvalue weighted by molar-refractivity contribution is 9.10. The number of aliphatic carboxylic acids is 1. The predicted molar refractivity (Wildman–Crippen MR) is 84.0 cm³/mol. The van der Waals surface area contributed by atoms with Crippen molar-refractivity contribution in [3.8, 4) is 0 Å². The van der Waals surface area contributed by atoms with E-state index < -0.39 is 5.97 Å². The lowest BCUT2D eigenvalue weighted by atomic mass is 10.3. The first-order valence-electron chi connectivity index (χ1n) is 6.41. The van der Waals surface area contributed by atoms with Crippen LogP contribution in [0.15, 0.2) is 33.6 Å². The van der Waals surface area contributed by atoms with Gasteiger partial charge < -0.3 is 10.0 Å². The summed E-state index contributed by atoms with van der Waals surface area (Å²) in [7, 11) is 0. The quantitative estimate of drug-likeness (QED) is 0.723. The average molecular weight is 360 g/mol. The molecule has 0 aliphatic carbocycles. The number of rotatable bonds is 8. The van der Waals surface area contributed by atoms with Crippen LogP contribution in [0.2, 0.25) is 0 Å². The van der Waals surface area contributed by atoms with Crippen LogP contribution in [0.4, 0.5) is 0 Å². The number of thioether (sulfide) groups is 1. The number of carbonyl (C=O) groups excluding carboxylic acids is 1. The predicted octanol–water partition coefficient (Wildman–Crippen LogP) is 3.25. The zero-order valence-electron chi connectivity index (χ0n) is 11.3. The summed E-state index contributed by atoms with van der Waals surface area (Å²) in [6, 6.07) is 7.94. The third kappa shape index (κ3) is 6.43. The molecule has 6 heteroatoms. The van der Waals surface area contributed by atoms with Gasteiger partial charge in [0.1, 0.15) is 0 Å². The minimum Gasteiger partial charge on any atom is -0.481 e. The minimum absolute atomic E-state index is 0.000561. The van der Waals surface area contributed by atoms with E-state index in [2.05, 4.69) is 15.9 Å². The number of hydrogen-bond donors (Lipinski definition) is 1. The summed E-state index contributed by atoms with van der Waals surface area (Å²) >= 11 is 5.00. The number of hydrogen-bond acceptors (Lipinski definition) is 3. The molecule has 0 saturated carbocycles. The fourth-order valence-corrected chi connectivity index (χ4v) is 2.74. The standard InChI is InChI=1S/C14H18BrNO3S/c1-2-16(9-7-14(18)19)13(17)8-10-20-12-5-3-11(15)4-6-12/h3-6H,2,7-10H2,1H3,(H,18,19). The molecule has 0 aromatic heterocycles. The molecule has 1 aromatic carbocycles. The van der Waals surface area contributed by atoms with Crippen LogP contribution >= 0.6 is 27.7 Å². The molecular weight excluding hydrogens is 342 g/mol. The molecule has 0 atom stereocenters. The molecule has 1 aromatic rings. The molecule has 0 aliphatic rings. The molecule has 4 nitrogen and oxygen atoms in total. The third-order valence-electron chi connectivity index (χ3n) is 2.73. The zero-order chi connectivity index (χ0) is 15.0. The van der Waals surface area contributed by atoms with E-state index >= 15 is 0 Å². The van der Waals surface area contributed by atoms with Gasteiger partial charge in [-0.3, -0.25) is 9.59 Å². The van der Waals surface area contributed by atoms with Gasteiger partial charge in [0.2, 0.25) is 5.91 Å². The number of carboxylic acid groups (broad SMARTS) is 1. The van der Waals surface area contributed by atoms with Crippen LogP contribution in [0.3, 0.4) is 0 Å². The van der Waals surface area contributed by atoms with Gasteiger partial charge in [0.15, 0.2) is 0 Å². The Bertz CT molecular complexity index is 450. The molecule has 0 bridgehead atoms. The smallest absolute Gasteiger partial charge is 0.305 e. The molecule has 110 valence electrons. The molecule has 20 heavy (non-hydrogen) atoms. The van der Waals surface area contributed by atoms with Crippen molar-refractivity contribution in [3.05, 3.63) is 28.7 Å². The summed E-state index contributed by atoms with van der Waals surface area (Å²) < 4.78 is 1.03. The molecule has 1 amide bonds. The molecule has 1 rings (SSSR count). The van der Waals surface area contributed by atoms with E-state index in [0.29, 0.717) is 18.7 Å². The van der Waals surface area contributed by atoms with Gasteiger partial charge in [0.05, 0.1) is 6.42 Å². The summed E-state index contributed by atoms with van der Waals surface area (Å²) in [6.07, 6.45) is 0.424. The fraction of sp³-hybridized carbons (Fsp3) is 0.429. The van der Waals surface area contributed by atoms with Crippen molar-refractivity contribution < 1.29 is 14.7 Å². The van der Waals surface area contributed by atoms with Crippen LogP contribution in [0.1, 0.15) is 19.8 Å². The molecule has 0 unspecified atom stereocenters. The second kappa shape index (κ2) is 9.02. The Morgan fingerprint density at radius 1 is 1.25 bits per heavy atom. The first kappa shape index (κ1) is 17.0. The maximum Gasteiger partial charge on any atom is 0.305 e. The average Bonchev–Trinajstić information content (AvgIpc) is 2.41. The van der Waals surface area contributed by atoms with E-state index in [1.165, 1.54) is 0 Å². The zero-order valence-corrected chi connectivity index (χ0v) is 13.7. The van der Waals surface area contributed by atoms with Gasteiger partial charge in [-0.05, 0) is 31.2 Å². The van der Waals surface area contributed by atoms with Gasteiger partial charge in [-0.25, -0.2) is 0 Å². The Morgan fingerprint density at radius 2 is 1.90 bits per heavy atom. The summed E-state index contributed by atoms with van der Waals surface area (Å²) in [5, 5.41) is 8.64. The van der Waals surface area contributed by atoms with Gasteiger partial charge >= 0.3 is 5.97 Å².